The average Bonchev–Trinajstić information content (AvgIpc) is 2.43. The lowest BCUT2D eigenvalue weighted by Crippen LogP contribution is -2.46. The van der Waals surface area contributed by atoms with Crippen LogP contribution in [0.25, 0.3) is 0 Å². The Balaban J connectivity index is 2.83. The molecule has 1 aliphatic heterocycles. The molecule has 3 nitrogen and oxygen atoms in total. The van der Waals surface area contributed by atoms with Gasteiger partial charge in [0.25, 0.3) is 0 Å². The highest BCUT2D eigenvalue weighted by Gasteiger charge is 2.49. The van der Waals surface area contributed by atoms with Crippen LogP contribution >= 0.6 is 0 Å². The molecule has 0 aromatic rings. The van der Waals surface area contributed by atoms with E-state index >= 15 is 0 Å². The maximum atomic E-state index is 6.20. The molecule has 108 valence electrons. The van der Waals surface area contributed by atoms with Crippen LogP contribution in [0.3, 0.4) is 0 Å². The Morgan fingerprint density at radius 3 is 2.22 bits per heavy atom. The van der Waals surface area contributed by atoms with Crippen LogP contribution in [0.2, 0.25) is 0 Å². The quantitative estimate of drug-likeness (QED) is 0.821. The smallest absolute Gasteiger partial charge is 0.0677 e. The van der Waals surface area contributed by atoms with Gasteiger partial charge in [0.2, 0.25) is 0 Å². The zero-order valence-corrected chi connectivity index (χ0v) is 13.4. The Bertz CT molecular complexity index is 284. The van der Waals surface area contributed by atoms with Crippen LogP contribution in [0.1, 0.15) is 54.4 Å². The fourth-order valence-electron chi connectivity index (χ4n) is 3.29. The van der Waals surface area contributed by atoms with Crippen molar-refractivity contribution in [2.24, 2.45) is 5.92 Å². The van der Waals surface area contributed by atoms with Gasteiger partial charge in [-0.05, 0) is 61.4 Å². The van der Waals surface area contributed by atoms with E-state index in [1.807, 2.05) is 7.05 Å². The summed E-state index contributed by atoms with van der Waals surface area (Å²) in [5, 5.41) is 3.47. The molecule has 1 aliphatic rings. The van der Waals surface area contributed by atoms with Gasteiger partial charge < -0.3 is 14.8 Å². The van der Waals surface area contributed by atoms with Crippen LogP contribution in [0.4, 0.5) is 0 Å². The third-order valence-electron chi connectivity index (χ3n) is 4.26. The third kappa shape index (κ3) is 3.69. The van der Waals surface area contributed by atoms with Crippen LogP contribution in [-0.2, 0) is 9.47 Å². The summed E-state index contributed by atoms with van der Waals surface area (Å²) < 4.78 is 11.8. The summed E-state index contributed by atoms with van der Waals surface area (Å²) in [6.45, 7) is 13.1. The van der Waals surface area contributed by atoms with E-state index in [0.717, 1.165) is 12.8 Å². The third-order valence-corrected chi connectivity index (χ3v) is 4.26. The molecule has 0 amide bonds. The van der Waals surface area contributed by atoms with Crippen molar-refractivity contribution in [1.29, 1.82) is 0 Å². The molecule has 0 bridgehead atoms. The Morgan fingerprint density at radius 2 is 1.89 bits per heavy atom. The molecule has 0 aliphatic carbocycles. The SMILES string of the molecule is CNC(CC(C)(C)OC)C1CC(C)(C)OC1(C)C. The van der Waals surface area contributed by atoms with E-state index in [1.54, 1.807) is 7.11 Å². The molecule has 1 rings (SSSR count). The standard InChI is InChI=1S/C15H31NO2/c1-13(2,17-8)10-12(16-7)11-9-14(3,4)18-15(11,5)6/h11-12,16H,9-10H2,1-8H3. The van der Waals surface area contributed by atoms with Crippen molar-refractivity contribution in [2.45, 2.75) is 77.2 Å². The van der Waals surface area contributed by atoms with Crippen molar-refractivity contribution in [1.82, 2.24) is 5.32 Å². The second kappa shape index (κ2) is 5.10. The van der Waals surface area contributed by atoms with Crippen molar-refractivity contribution < 1.29 is 9.47 Å². The maximum Gasteiger partial charge on any atom is 0.0677 e. The molecule has 3 heteroatoms. The van der Waals surface area contributed by atoms with E-state index in [0.29, 0.717) is 12.0 Å². The van der Waals surface area contributed by atoms with Crippen molar-refractivity contribution in [2.75, 3.05) is 14.2 Å². The van der Waals surface area contributed by atoms with Crippen LogP contribution in [0, 0.1) is 5.92 Å². The maximum absolute atomic E-state index is 6.20. The molecule has 1 N–H and O–H groups in total. The Kier molecular flexibility index (Phi) is 4.52. The first-order chi connectivity index (χ1) is 8.03. The summed E-state index contributed by atoms with van der Waals surface area (Å²) in [7, 11) is 3.82. The van der Waals surface area contributed by atoms with Gasteiger partial charge in [-0.3, -0.25) is 0 Å². The van der Waals surface area contributed by atoms with Gasteiger partial charge in [0.15, 0.2) is 0 Å². The number of nitrogens with one attached hydrogen (secondary N) is 1. The molecular formula is C15H31NO2. The minimum atomic E-state index is -0.101. The number of ether oxygens (including phenoxy) is 2. The summed E-state index contributed by atoms with van der Waals surface area (Å²) in [5.41, 5.74) is -0.210. The van der Waals surface area contributed by atoms with E-state index in [4.69, 9.17) is 9.47 Å². The first-order valence-electron chi connectivity index (χ1n) is 6.95. The fourth-order valence-corrected chi connectivity index (χ4v) is 3.29. The van der Waals surface area contributed by atoms with Gasteiger partial charge in [0, 0.05) is 19.1 Å². The zero-order chi connectivity index (χ0) is 14.2. The first-order valence-corrected chi connectivity index (χ1v) is 6.95. The van der Waals surface area contributed by atoms with E-state index < -0.39 is 0 Å². The highest BCUT2D eigenvalue weighted by atomic mass is 16.5. The highest BCUT2D eigenvalue weighted by Crippen LogP contribution is 2.44. The first kappa shape index (κ1) is 15.9. The van der Waals surface area contributed by atoms with E-state index in [9.17, 15) is 0 Å². The summed E-state index contributed by atoms with van der Waals surface area (Å²) in [6.07, 6.45) is 2.08. The molecule has 1 heterocycles. The molecule has 0 radical (unpaired) electrons. The number of hydrogen-bond acceptors (Lipinski definition) is 3. The zero-order valence-electron chi connectivity index (χ0n) is 13.4. The molecule has 2 unspecified atom stereocenters. The molecule has 18 heavy (non-hydrogen) atoms. The second-order valence-electron chi connectivity index (χ2n) is 7.34. The lowest BCUT2D eigenvalue weighted by Gasteiger charge is -2.36. The Hall–Kier alpha value is -0.120. The average molecular weight is 257 g/mol. The van der Waals surface area contributed by atoms with Crippen molar-refractivity contribution >= 4 is 0 Å². The van der Waals surface area contributed by atoms with Crippen molar-refractivity contribution in [3.05, 3.63) is 0 Å². The lowest BCUT2D eigenvalue weighted by atomic mass is 9.78. The fraction of sp³-hybridized carbons (Fsp3) is 1.00. The lowest BCUT2D eigenvalue weighted by molar-refractivity contribution is -0.0810. The molecule has 2 atom stereocenters. The predicted octanol–water partition coefficient (Wildman–Crippen LogP) is 2.98. The topological polar surface area (TPSA) is 30.5 Å². The van der Waals surface area contributed by atoms with Crippen LogP contribution in [0.5, 0.6) is 0 Å². The summed E-state index contributed by atoms with van der Waals surface area (Å²) in [6, 6.07) is 0.414. The highest BCUT2D eigenvalue weighted by molar-refractivity contribution is 5.00. The van der Waals surface area contributed by atoms with Crippen molar-refractivity contribution in [3.63, 3.8) is 0 Å². The normalized spacial score (nSPS) is 28.3. The minimum Gasteiger partial charge on any atom is -0.379 e. The molecule has 0 saturated carbocycles. The summed E-state index contributed by atoms with van der Waals surface area (Å²) in [5.74, 6) is 0.506. The summed E-state index contributed by atoms with van der Waals surface area (Å²) in [4.78, 5) is 0. The van der Waals surface area contributed by atoms with Gasteiger partial charge in [0.1, 0.15) is 0 Å². The number of methoxy groups -OCH3 is 1. The van der Waals surface area contributed by atoms with E-state index in [-0.39, 0.29) is 16.8 Å². The largest absolute Gasteiger partial charge is 0.379 e. The number of rotatable bonds is 5. The van der Waals surface area contributed by atoms with E-state index in [1.165, 1.54) is 0 Å². The van der Waals surface area contributed by atoms with Gasteiger partial charge in [0.05, 0.1) is 16.8 Å². The molecule has 0 spiro atoms. The molecular weight excluding hydrogens is 226 g/mol. The number of hydrogen-bond donors (Lipinski definition) is 1. The van der Waals surface area contributed by atoms with Crippen LogP contribution < -0.4 is 5.32 Å². The second-order valence-corrected chi connectivity index (χ2v) is 7.34. The summed E-state index contributed by atoms with van der Waals surface area (Å²) >= 11 is 0. The Labute approximate surface area is 113 Å². The van der Waals surface area contributed by atoms with Gasteiger partial charge >= 0.3 is 0 Å². The monoisotopic (exact) mass is 257 g/mol. The van der Waals surface area contributed by atoms with Gasteiger partial charge in [-0.1, -0.05) is 0 Å². The van der Waals surface area contributed by atoms with Crippen LogP contribution in [0.15, 0.2) is 0 Å². The minimum absolute atomic E-state index is 0.0273. The molecule has 0 aromatic carbocycles. The predicted molar refractivity (Wildman–Crippen MR) is 75.9 cm³/mol. The van der Waals surface area contributed by atoms with Crippen LogP contribution in [-0.4, -0.2) is 37.0 Å². The van der Waals surface area contributed by atoms with Gasteiger partial charge in [-0.2, -0.15) is 0 Å². The van der Waals surface area contributed by atoms with Gasteiger partial charge in [-0.15, -0.1) is 0 Å². The molecule has 1 fully saturated rings. The van der Waals surface area contributed by atoms with Crippen molar-refractivity contribution in [3.8, 4) is 0 Å². The van der Waals surface area contributed by atoms with E-state index in [2.05, 4.69) is 46.9 Å². The molecule has 0 aromatic heterocycles. The molecule has 1 saturated heterocycles. The van der Waals surface area contributed by atoms with Gasteiger partial charge in [-0.25, -0.2) is 0 Å². The Morgan fingerprint density at radius 1 is 1.33 bits per heavy atom.